The largest absolute Gasteiger partial charge is 0.472 e. The molecule has 0 aromatic carbocycles. The average Bonchev–Trinajstić information content (AvgIpc) is 3.11. The molecule has 2 spiro atoms. The molecular weight excluding hydrogens is 404 g/mol. The van der Waals surface area contributed by atoms with Crippen LogP contribution in [0.5, 0.6) is 0 Å². The Balaban J connectivity index is 1.64. The van der Waals surface area contributed by atoms with Crippen molar-refractivity contribution in [3.63, 3.8) is 0 Å². The predicted octanol–water partition coefficient (Wildman–Crippen LogP) is 3.10. The van der Waals surface area contributed by atoms with Crippen molar-refractivity contribution in [3.05, 3.63) is 24.2 Å². The van der Waals surface area contributed by atoms with Crippen molar-refractivity contribution >= 4 is 17.9 Å². The Morgan fingerprint density at radius 1 is 1.23 bits per heavy atom. The zero-order valence-electron chi connectivity index (χ0n) is 18.1. The van der Waals surface area contributed by atoms with E-state index in [-0.39, 0.29) is 17.8 Å². The van der Waals surface area contributed by atoms with Crippen LogP contribution in [0.3, 0.4) is 0 Å². The number of carbonyl (C=O) groups excluding carboxylic acids is 3. The number of esters is 3. The van der Waals surface area contributed by atoms with Gasteiger partial charge in [-0.15, -0.1) is 0 Å². The Morgan fingerprint density at radius 3 is 2.61 bits per heavy atom. The highest BCUT2D eigenvalue weighted by atomic mass is 16.7. The Bertz CT molecular complexity index is 903. The van der Waals surface area contributed by atoms with Crippen molar-refractivity contribution < 1.29 is 37.7 Å². The zero-order chi connectivity index (χ0) is 22.0. The summed E-state index contributed by atoms with van der Waals surface area (Å²) in [6.07, 6.45) is 5.09. The molecule has 0 radical (unpaired) electrons. The minimum atomic E-state index is -1.21. The smallest absolute Gasteiger partial charge is 0.313 e. The quantitative estimate of drug-likeness (QED) is 0.408. The Hall–Kier alpha value is -2.35. The molecule has 7 atom stereocenters. The van der Waals surface area contributed by atoms with Gasteiger partial charge in [-0.05, 0) is 37.7 Å². The van der Waals surface area contributed by atoms with E-state index in [1.807, 2.05) is 6.92 Å². The van der Waals surface area contributed by atoms with Crippen molar-refractivity contribution in [1.29, 1.82) is 0 Å². The van der Waals surface area contributed by atoms with E-state index in [4.69, 9.17) is 23.4 Å². The minimum Gasteiger partial charge on any atom is -0.472 e. The van der Waals surface area contributed by atoms with Crippen LogP contribution in [0.25, 0.3) is 0 Å². The second kappa shape index (κ2) is 6.82. The third kappa shape index (κ3) is 2.73. The maximum atomic E-state index is 13.6. The number of hydrogen-bond donors (Lipinski definition) is 0. The lowest BCUT2D eigenvalue weighted by atomic mass is 9.47. The number of rotatable bonds is 3. The van der Waals surface area contributed by atoms with Gasteiger partial charge in [0.1, 0.15) is 17.8 Å². The van der Waals surface area contributed by atoms with Gasteiger partial charge in [-0.3, -0.25) is 14.4 Å². The summed E-state index contributed by atoms with van der Waals surface area (Å²) >= 11 is 0. The molecule has 4 fully saturated rings. The summed E-state index contributed by atoms with van der Waals surface area (Å²) in [5.41, 5.74) is -2.00. The van der Waals surface area contributed by atoms with Crippen LogP contribution >= 0.6 is 0 Å². The molecule has 3 heterocycles. The van der Waals surface area contributed by atoms with Gasteiger partial charge in [-0.2, -0.15) is 0 Å². The van der Waals surface area contributed by atoms with Crippen molar-refractivity contribution in [1.82, 2.24) is 0 Å². The number of ether oxygens (including phenoxy) is 4. The molecule has 8 heteroatoms. The molecule has 8 nitrogen and oxygen atoms in total. The second-order valence-electron chi connectivity index (χ2n) is 9.54. The first-order valence-electron chi connectivity index (χ1n) is 11.0. The minimum absolute atomic E-state index is 0.135. The molecule has 2 saturated heterocycles. The molecule has 0 amide bonds. The van der Waals surface area contributed by atoms with Gasteiger partial charge in [0, 0.05) is 31.7 Å². The number of hydrogen-bond acceptors (Lipinski definition) is 8. The monoisotopic (exact) mass is 432 g/mol. The van der Waals surface area contributed by atoms with Crippen molar-refractivity contribution in [2.24, 2.45) is 17.3 Å². The molecule has 2 aliphatic heterocycles. The van der Waals surface area contributed by atoms with Gasteiger partial charge in [-0.1, -0.05) is 6.92 Å². The molecule has 0 unspecified atom stereocenters. The Morgan fingerprint density at radius 2 is 2.00 bits per heavy atom. The molecule has 1 aromatic heterocycles. The maximum absolute atomic E-state index is 13.6. The number of furan rings is 1. The SMILES string of the molecule is CC(=O)O[C@H]1C[C@@H](C)[C@]2(C[C@H](c3ccoc3)OC2=O)[C@@H]2CCC[C@@]3(CO3)[C@]12OC(C)=O. The summed E-state index contributed by atoms with van der Waals surface area (Å²) in [5.74, 6) is -1.71. The van der Waals surface area contributed by atoms with Crippen LogP contribution in [0.2, 0.25) is 0 Å². The van der Waals surface area contributed by atoms with E-state index in [1.54, 1.807) is 18.6 Å². The normalized spacial score (nSPS) is 43.4. The second-order valence-corrected chi connectivity index (χ2v) is 9.54. The molecule has 0 bridgehead atoms. The summed E-state index contributed by atoms with van der Waals surface area (Å²) < 4.78 is 29.0. The Labute approximate surface area is 180 Å². The molecule has 5 rings (SSSR count). The van der Waals surface area contributed by atoms with E-state index < -0.39 is 40.8 Å². The first-order chi connectivity index (χ1) is 14.7. The molecule has 2 saturated carbocycles. The topological polar surface area (TPSA) is 105 Å². The zero-order valence-corrected chi connectivity index (χ0v) is 18.1. The standard InChI is InChI=1S/C23H28O8/c1-13-9-19(29-14(2)24)23(31-15(3)25)18(5-4-7-21(23)12-28-21)22(13)10-17(30-20(22)26)16-6-8-27-11-16/h6,8,11,13,17-19H,4-5,7,9-10,12H2,1-3H3/t13-,17-,18+,19+,21-,22-,23-/m1/s1. The van der Waals surface area contributed by atoms with Gasteiger partial charge in [0.2, 0.25) is 0 Å². The molecule has 168 valence electrons. The van der Waals surface area contributed by atoms with Crippen molar-refractivity contribution in [2.75, 3.05) is 6.61 Å². The van der Waals surface area contributed by atoms with Gasteiger partial charge < -0.3 is 23.4 Å². The first-order valence-corrected chi connectivity index (χ1v) is 11.0. The highest BCUT2D eigenvalue weighted by Gasteiger charge is 2.80. The van der Waals surface area contributed by atoms with Gasteiger partial charge in [0.05, 0.1) is 24.5 Å². The van der Waals surface area contributed by atoms with Crippen LogP contribution in [-0.2, 0) is 33.3 Å². The van der Waals surface area contributed by atoms with Crippen LogP contribution in [0.15, 0.2) is 23.0 Å². The predicted molar refractivity (Wildman–Crippen MR) is 104 cm³/mol. The Kier molecular flexibility index (Phi) is 4.52. The van der Waals surface area contributed by atoms with Crippen molar-refractivity contribution in [3.8, 4) is 0 Å². The fourth-order valence-electron chi connectivity index (χ4n) is 6.79. The van der Waals surface area contributed by atoms with E-state index in [0.717, 1.165) is 12.0 Å². The fraction of sp³-hybridized carbons (Fsp3) is 0.696. The average molecular weight is 432 g/mol. The lowest BCUT2D eigenvalue weighted by molar-refractivity contribution is -0.260. The van der Waals surface area contributed by atoms with Crippen molar-refractivity contribution in [2.45, 2.75) is 76.3 Å². The number of carbonyl (C=O) groups is 3. The molecule has 2 aliphatic carbocycles. The van der Waals surface area contributed by atoms with E-state index >= 15 is 0 Å². The number of epoxide rings is 1. The number of cyclic esters (lactones) is 1. The van der Waals surface area contributed by atoms with E-state index in [2.05, 4.69) is 0 Å². The number of fused-ring (bicyclic) bond motifs is 3. The maximum Gasteiger partial charge on any atom is 0.313 e. The summed E-state index contributed by atoms with van der Waals surface area (Å²) in [4.78, 5) is 38.0. The van der Waals surface area contributed by atoms with Crippen LogP contribution in [-0.4, -0.2) is 41.8 Å². The molecular formula is C23H28O8. The van der Waals surface area contributed by atoms with Crippen LogP contribution in [0, 0.1) is 17.3 Å². The van der Waals surface area contributed by atoms with Gasteiger partial charge >= 0.3 is 17.9 Å². The van der Waals surface area contributed by atoms with Gasteiger partial charge in [0.25, 0.3) is 0 Å². The van der Waals surface area contributed by atoms with Crippen LogP contribution < -0.4 is 0 Å². The highest BCUT2D eigenvalue weighted by Crippen LogP contribution is 2.68. The summed E-state index contributed by atoms with van der Waals surface area (Å²) in [6.45, 7) is 5.13. The molecule has 0 N–H and O–H groups in total. The van der Waals surface area contributed by atoms with Crippen LogP contribution in [0.1, 0.15) is 64.5 Å². The molecule has 1 aromatic rings. The first kappa shape index (κ1) is 20.5. The van der Waals surface area contributed by atoms with E-state index in [1.165, 1.54) is 13.8 Å². The summed E-state index contributed by atoms with van der Waals surface area (Å²) in [7, 11) is 0. The van der Waals surface area contributed by atoms with Crippen LogP contribution in [0.4, 0.5) is 0 Å². The van der Waals surface area contributed by atoms with Gasteiger partial charge in [-0.25, -0.2) is 0 Å². The fourth-order valence-corrected chi connectivity index (χ4v) is 6.79. The molecule has 4 aliphatic rings. The lowest BCUT2D eigenvalue weighted by Crippen LogP contribution is -2.72. The summed E-state index contributed by atoms with van der Waals surface area (Å²) in [6, 6.07) is 1.80. The lowest BCUT2D eigenvalue weighted by Gasteiger charge is -2.60. The third-order valence-corrected chi connectivity index (χ3v) is 8.03. The van der Waals surface area contributed by atoms with E-state index in [0.29, 0.717) is 32.3 Å². The summed E-state index contributed by atoms with van der Waals surface area (Å²) in [5, 5.41) is 0. The van der Waals surface area contributed by atoms with Gasteiger partial charge in [0.15, 0.2) is 5.60 Å². The van der Waals surface area contributed by atoms with E-state index in [9.17, 15) is 14.4 Å². The third-order valence-electron chi connectivity index (χ3n) is 8.03. The molecule has 31 heavy (non-hydrogen) atoms. The highest BCUT2D eigenvalue weighted by molar-refractivity contribution is 5.81.